The molecule has 0 aliphatic rings. The molecule has 0 aliphatic carbocycles. The van der Waals surface area contributed by atoms with E-state index in [0.717, 1.165) is 5.56 Å². The zero-order valence-electron chi connectivity index (χ0n) is 14.1. The number of carbonyl (C=O) groups is 2. The fourth-order valence-electron chi connectivity index (χ4n) is 1.95. The molecule has 2 rings (SSSR count). The van der Waals surface area contributed by atoms with Gasteiger partial charge in [0.25, 0.3) is 0 Å². The largest absolute Gasteiger partial charge is 0.360 e. The first kappa shape index (κ1) is 18.1. The Balaban J connectivity index is 1.76. The zero-order chi connectivity index (χ0) is 17.7. The Morgan fingerprint density at radius 3 is 2.83 bits per heavy atom. The summed E-state index contributed by atoms with van der Waals surface area (Å²) < 4.78 is 6.59. The quantitative estimate of drug-likeness (QED) is 0.811. The molecule has 0 aromatic carbocycles. The average molecular weight is 351 g/mol. The minimum absolute atomic E-state index is 0.0409. The molecule has 0 spiro atoms. The number of nitrogens with zero attached hydrogens (tertiary/aromatic N) is 4. The maximum Gasteiger partial charge on any atom is 0.238 e. The van der Waals surface area contributed by atoms with Crippen molar-refractivity contribution >= 4 is 29.4 Å². The highest BCUT2D eigenvalue weighted by Gasteiger charge is 2.18. The van der Waals surface area contributed by atoms with Gasteiger partial charge in [-0.25, -0.2) is 0 Å². The molecule has 2 aromatic rings. The molecule has 2 amide bonds. The summed E-state index contributed by atoms with van der Waals surface area (Å²) in [5, 5.41) is 10.1. The summed E-state index contributed by atoms with van der Waals surface area (Å²) in [4.78, 5) is 25.8. The van der Waals surface area contributed by atoms with Gasteiger partial charge in [0.2, 0.25) is 11.8 Å². The summed E-state index contributed by atoms with van der Waals surface area (Å²) in [5.41, 5.74) is 0.963. The summed E-state index contributed by atoms with van der Waals surface area (Å²) in [7, 11) is 3.57. The molecule has 1 atom stereocenters. The summed E-state index contributed by atoms with van der Waals surface area (Å²) in [6.45, 7) is 3.99. The maximum absolute atomic E-state index is 12.2. The highest BCUT2D eigenvalue weighted by molar-refractivity contribution is 8.01. The van der Waals surface area contributed by atoms with Crippen LogP contribution in [-0.2, 0) is 23.2 Å². The maximum atomic E-state index is 12.2. The van der Waals surface area contributed by atoms with E-state index in [1.165, 1.54) is 11.8 Å². The van der Waals surface area contributed by atoms with Gasteiger partial charge in [0.05, 0.1) is 17.2 Å². The monoisotopic (exact) mass is 351 g/mol. The number of amides is 2. The van der Waals surface area contributed by atoms with Crippen LogP contribution in [0.4, 0.5) is 5.82 Å². The lowest BCUT2D eigenvalue weighted by molar-refractivity contribution is -0.127. The molecule has 2 aromatic heterocycles. The van der Waals surface area contributed by atoms with Crippen LogP contribution in [0.5, 0.6) is 0 Å². The van der Waals surface area contributed by atoms with Gasteiger partial charge in [0.1, 0.15) is 5.76 Å². The third-order valence-corrected chi connectivity index (χ3v) is 4.44. The van der Waals surface area contributed by atoms with Gasteiger partial charge < -0.3 is 14.7 Å². The molecule has 0 radical (unpaired) electrons. The van der Waals surface area contributed by atoms with E-state index < -0.39 is 0 Å². The van der Waals surface area contributed by atoms with E-state index >= 15 is 0 Å². The number of anilines is 1. The summed E-state index contributed by atoms with van der Waals surface area (Å²) in [6.07, 6.45) is 3.60. The Kier molecular flexibility index (Phi) is 6.02. The van der Waals surface area contributed by atoms with Crippen molar-refractivity contribution in [1.82, 2.24) is 19.8 Å². The van der Waals surface area contributed by atoms with Crippen molar-refractivity contribution in [2.45, 2.75) is 25.6 Å². The van der Waals surface area contributed by atoms with Crippen LogP contribution in [-0.4, -0.2) is 49.7 Å². The molecular weight excluding hydrogens is 330 g/mol. The minimum Gasteiger partial charge on any atom is -0.360 e. The standard InChI is InChI=1S/C15H21N5O3S/c1-10-5-13(18-23-10)17-15(22)11(2)24-9-14(21)19(3)7-12-6-16-20(4)8-12/h5-6,8,11H,7,9H2,1-4H3,(H,17,18,22). The second-order valence-electron chi connectivity index (χ2n) is 5.54. The van der Waals surface area contributed by atoms with Crippen LogP contribution in [0.1, 0.15) is 18.2 Å². The highest BCUT2D eigenvalue weighted by Crippen LogP contribution is 2.15. The lowest BCUT2D eigenvalue weighted by atomic mass is 10.3. The van der Waals surface area contributed by atoms with Crippen LogP contribution >= 0.6 is 11.8 Å². The van der Waals surface area contributed by atoms with Gasteiger partial charge in [0.15, 0.2) is 5.82 Å². The molecule has 130 valence electrons. The molecule has 24 heavy (non-hydrogen) atoms. The second-order valence-corrected chi connectivity index (χ2v) is 6.87. The summed E-state index contributed by atoms with van der Waals surface area (Å²) >= 11 is 1.28. The predicted octanol–water partition coefficient (Wildman–Crippen LogP) is 1.44. The molecule has 0 saturated carbocycles. The van der Waals surface area contributed by atoms with Crippen LogP contribution < -0.4 is 5.32 Å². The number of thioether (sulfide) groups is 1. The molecule has 2 heterocycles. The van der Waals surface area contributed by atoms with Gasteiger partial charge in [-0.3, -0.25) is 14.3 Å². The lowest BCUT2D eigenvalue weighted by Gasteiger charge is -2.17. The number of hydrogen-bond acceptors (Lipinski definition) is 6. The third kappa shape index (κ3) is 5.12. The summed E-state index contributed by atoms with van der Waals surface area (Å²) in [5.74, 6) is 0.975. The van der Waals surface area contributed by atoms with Crippen LogP contribution in [0.3, 0.4) is 0 Å². The lowest BCUT2D eigenvalue weighted by Crippen LogP contribution is -2.30. The van der Waals surface area contributed by atoms with Gasteiger partial charge in [-0.15, -0.1) is 11.8 Å². The zero-order valence-corrected chi connectivity index (χ0v) is 15.0. The fourth-order valence-corrected chi connectivity index (χ4v) is 2.77. The Bertz CT molecular complexity index is 712. The molecule has 0 bridgehead atoms. The fraction of sp³-hybridized carbons (Fsp3) is 0.467. The molecule has 0 fully saturated rings. The van der Waals surface area contributed by atoms with Crippen LogP contribution in [0.25, 0.3) is 0 Å². The van der Waals surface area contributed by atoms with Gasteiger partial charge in [-0.2, -0.15) is 5.10 Å². The van der Waals surface area contributed by atoms with E-state index in [-0.39, 0.29) is 22.8 Å². The molecule has 8 nitrogen and oxygen atoms in total. The molecular formula is C15H21N5O3S. The van der Waals surface area contributed by atoms with E-state index in [2.05, 4.69) is 15.6 Å². The van der Waals surface area contributed by atoms with Crippen molar-refractivity contribution in [2.75, 3.05) is 18.1 Å². The van der Waals surface area contributed by atoms with E-state index in [1.807, 2.05) is 13.2 Å². The van der Waals surface area contributed by atoms with Crippen molar-refractivity contribution in [3.63, 3.8) is 0 Å². The molecule has 1 N–H and O–H groups in total. The van der Waals surface area contributed by atoms with Crippen molar-refractivity contribution in [3.8, 4) is 0 Å². The van der Waals surface area contributed by atoms with Crippen LogP contribution in [0.15, 0.2) is 23.0 Å². The molecule has 9 heteroatoms. The Morgan fingerprint density at radius 2 is 2.25 bits per heavy atom. The highest BCUT2D eigenvalue weighted by atomic mass is 32.2. The van der Waals surface area contributed by atoms with E-state index in [0.29, 0.717) is 18.1 Å². The smallest absolute Gasteiger partial charge is 0.238 e. The first-order valence-corrected chi connectivity index (χ1v) is 8.47. The Morgan fingerprint density at radius 1 is 1.50 bits per heavy atom. The number of rotatable bonds is 7. The predicted molar refractivity (Wildman–Crippen MR) is 91.5 cm³/mol. The SMILES string of the molecule is Cc1cc(NC(=O)C(C)SCC(=O)N(C)Cc2cnn(C)c2)no1. The molecule has 0 saturated heterocycles. The first-order chi connectivity index (χ1) is 11.3. The van der Waals surface area contributed by atoms with Crippen LogP contribution in [0, 0.1) is 6.92 Å². The number of aryl methyl sites for hydroxylation is 2. The first-order valence-electron chi connectivity index (χ1n) is 7.42. The van der Waals surface area contributed by atoms with Crippen molar-refractivity contribution in [2.24, 2.45) is 7.05 Å². The van der Waals surface area contributed by atoms with E-state index in [9.17, 15) is 9.59 Å². The number of hydrogen-bond donors (Lipinski definition) is 1. The molecule has 1 unspecified atom stereocenters. The summed E-state index contributed by atoms with van der Waals surface area (Å²) in [6, 6.07) is 1.64. The van der Waals surface area contributed by atoms with Crippen molar-refractivity contribution in [3.05, 3.63) is 29.8 Å². The molecule has 0 aliphatic heterocycles. The van der Waals surface area contributed by atoms with Gasteiger partial charge >= 0.3 is 0 Å². The number of aromatic nitrogens is 3. The Hall–Kier alpha value is -2.29. The van der Waals surface area contributed by atoms with E-state index in [1.54, 1.807) is 42.7 Å². The average Bonchev–Trinajstić information content (AvgIpc) is 3.12. The number of carbonyl (C=O) groups excluding carboxylic acids is 2. The van der Waals surface area contributed by atoms with Crippen LogP contribution in [0.2, 0.25) is 0 Å². The normalized spacial score (nSPS) is 12.0. The minimum atomic E-state index is -0.377. The Labute approximate surface area is 144 Å². The second kappa shape index (κ2) is 8.00. The van der Waals surface area contributed by atoms with Gasteiger partial charge in [-0.1, -0.05) is 5.16 Å². The van der Waals surface area contributed by atoms with Crippen molar-refractivity contribution in [1.29, 1.82) is 0 Å². The topological polar surface area (TPSA) is 93.3 Å². The number of nitrogens with one attached hydrogen (secondary N) is 1. The van der Waals surface area contributed by atoms with Gasteiger partial charge in [0, 0.05) is 38.5 Å². The third-order valence-electron chi connectivity index (χ3n) is 3.31. The van der Waals surface area contributed by atoms with Crippen molar-refractivity contribution < 1.29 is 14.1 Å². The van der Waals surface area contributed by atoms with Gasteiger partial charge in [-0.05, 0) is 13.8 Å². The van der Waals surface area contributed by atoms with E-state index in [4.69, 9.17) is 4.52 Å².